The fraction of sp³-hybridized carbons (Fsp3) is 0.500. The average molecular weight is 347 g/mol. The number of hydrogen-bond donors (Lipinski definition) is 2. The summed E-state index contributed by atoms with van der Waals surface area (Å²) in [6.07, 6.45) is 0.785. The molecule has 0 bridgehead atoms. The normalized spacial score (nSPS) is 14.1. The van der Waals surface area contributed by atoms with Gasteiger partial charge in [-0.3, -0.25) is 9.59 Å². The summed E-state index contributed by atoms with van der Waals surface area (Å²) in [6, 6.07) is 4.89. The molecule has 5 nitrogen and oxygen atoms in total. The number of carbonyl (C=O) groups excluding carboxylic acids is 2. The van der Waals surface area contributed by atoms with Gasteiger partial charge in [0, 0.05) is 6.54 Å². The highest BCUT2D eigenvalue weighted by Crippen LogP contribution is 2.17. The summed E-state index contributed by atoms with van der Waals surface area (Å²) in [4.78, 5) is 23.9. The van der Waals surface area contributed by atoms with Crippen molar-refractivity contribution in [2.24, 2.45) is 11.7 Å². The number of rotatable bonds is 7. The van der Waals surface area contributed by atoms with Gasteiger partial charge in [0.1, 0.15) is 5.82 Å². The number of nitrogens with two attached hydrogens (primary N) is 1. The van der Waals surface area contributed by atoms with E-state index in [9.17, 15) is 14.0 Å². The molecule has 1 aromatic carbocycles. The molecule has 3 atom stereocenters. The molecule has 0 aliphatic heterocycles. The van der Waals surface area contributed by atoms with Crippen LogP contribution in [0.5, 0.6) is 0 Å². The van der Waals surface area contributed by atoms with Crippen molar-refractivity contribution in [1.29, 1.82) is 0 Å². The smallest absolute Gasteiger partial charge is 0.314 e. The Morgan fingerprint density at radius 1 is 1.30 bits per heavy atom. The maximum absolute atomic E-state index is 13.0. The summed E-state index contributed by atoms with van der Waals surface area (Å²) in [7, 11) is 1.27. The lowest BCUT2D eigenvalue weighted by Gasteiger charge is -2.20. The molecule has 3 unspecified atom stereocenters. The number of halogens is 2. The first-order valence-electron chi connectivity index (χ1n) is 7.27. The van der Waals surface area contributed by atoms with Gasteiger partial charge in [-0.15, -0.1) is 12.4 Å². The Balaban J connectivity index is 0.00000484. The maximum atomic E-state index is 13.0. The molecule has 1 amide bonds. The lowest BCUT2D eigenvalue weighted by atomic mass is 9.97. The fourth-order valence-corrected chi connectivity index (χ4v) is 2.01. The van der Waals surface area contributed by atoms with Crippen molar-refractivity contribution in [3.63, 3.8) is 0 Å². The van der Waals surface area contributed by atoms with Crippen molar-refractivity contribution in [3.05, 3.63) is 35.6 Å². The Morgan fingerprint density at radius 2 is 1.87 bits per heavy atom. The Bertz CT molecular complexity index is 511. The van der Waals surface area contributed by atoms with Crippen LogP contribution in [0.15, 0.2) is 24.3 Å². The van der Waals surface area contributed by atoms with Crippen molar-refractivity contribution in [1.82, 2.24) is 5.32 Å². The van der Waals surface area contributed by atoms with Crippen LogP contribution >= 0.6 is 12.4 Å². The van der Waals surface area contributed by atoms with Crippen molar-refractivity contribution in [3.8, 4) is 0 Å². The van der Waals surface area contributed by atoms with Crippen molar-refractivity contribution in [2.45, 2.75) is 32.2 Å². The Kier molecular flexibility index (Phi) is 9.44. The highest BCUT2D eigenvalue weighted by molar-refractivity contribution is 5.85. The van der Waals surface area contributed by atoms with Crippen LogP contribution in [0.4, 0.5) is 4.39 Å². The number of esters is 1. The minimum Gasteiger partial charge on any atom is -0.468 e. The van der Waals surface area contributed by atoms with E-state index in [1.807, 2.05) is 13.8 Å². The topological polar surface area (TPSA) is 81.4 Å². The number of benzene rings is 1. The van der Waals surface area contributed by atoms with Gasteiger partial charge in [-0.1, -0.05) is 32.4 Å². The first-order chi connectivity index (χ1) is 10.4. The second-order valence-electron chi connectivity index (χ2n) is 5.28. The van der Waals surface area contributed by atoms with E-state index in [2.05, 4.69) is 5.32 Å². The van der Waals surface area contributed by atoms with E-state index in [4.69, 9.17) is 10.5 Å². The minimum absolute atomic E-state index is 0. The standard InChI is InChI=1S/C16H23FN2O3.ClH/c1-4-10(2)14(18)15(20)19-9-13(16(21)22-3)11-5-7-12(17)8-6-11;/h5-8,10,13-14H,4,9,18H2,1-3H3,(H,19,20);1H. The molecule has 130 valence electrons. The monoisotopic (exact) mass is 346 g/mol. The molecule has 7 heteroatoms. The molecular formula is C16H24ClFN2O3. The van der Waals surface area contributed by atoms with Gasteiger partial charge in [0.05, 0.1) is 19.1 Å². The molecule has 1 rings (SSSR count). The van der Waals surface area contributed by atoms with Crippen LogP contribution in [0.3, 0.4) is 0 Å². The average Bonchev–Trinajstić information content (AvgIpc) is 2.54. The quantitative estimate of drug-likeness (QED) is 0.740. The summed E-state index contributed by atoms with van der Waals surface area (Å²) in [5.41, 5.74) is 6.42. The third-order valence-corrected chi connectivity index (χ3v) is 3.80. The zero-order chi connectivity index (χ0) is 16.7. The van der Waals surface area contributed by atoms with E-state index in [-0.39, 0.29) is 30.8 Å². The molecular weight excluding hydrogens is 323 g/mol. The Hall–Kier alpha value is -1.66. The number of carbonyl (C=O) groups is 2. The van der Waals surface area contributed by atoms with Gasteiger partial charge in [0.25, 0.3) is 0 Å². The van der Waals surface area contributed by atoms with E-state index < -0.39 is 23.7 Å². The highest BCUT2D eigenvalue weighted by atomic mass is 35.5. The molecule has 3 N–H and O–H groups in total. The second-order valence-corrected chi connectivity index (χ2v) is 5.28. The zero-order valence-electron chi connectivity index (χ0n) is 13.5. The van der Waals surface area contributed by atoms with Crippen molar-refractivity contribution >= 4 is 24.3 Å². The summed E-state index contributed by atoms with van der Waals surface area (Å²) < 4.78 is 17.7. The lowest BCUT2D eigenvalue weighted by molar-refractivity contribution is -0.142. The Labute approximate surface area is 142 Å². The number of hydrogen-bond acceptors (Lipinski definition) is 4. The SMILES string of the molecule is CCC(C)C(N)C(=O)NCC(C(=O)OC)c1ccc(F)cc1.Cl. The predicted octanol–water partition coefficient (Wildman–Crippen LogP) is 1.99. The van der Waals surface area contributed by atoms with Gasteiger partial charge in [-0.05, 0) is 23.6 Å². The van der Waals surface area contributed by atoms with E-state index in [1.54, 1.807) is 0 Å². The van der Waals surface area contributed by atoms with Crippen LogP contribution in [0, 0.1) is 11.7 Å². The predicted molar refractivity (Wildman–Crippen MR) is 88.8 cm³/mol. The van der Waals surface area contributed by atoms with Crippen LogP contribution in [-0.4, -0.2) is 31.6 Å². The molecule has 0 heterocycles. The molecule has 0 saturated heterocycles. The van der Waals surface area contributed by atoms with Crippen LogP contribution in [-0.2, 0) is 14.3 Å². The van der Waals surface area contributed by atoms with E-state index in [0.717, 1.165) is 6.42 Å². The molecule has 0 aliphatic rings. The number of amides is 1. The van der Waals surface area contributed by atoms with Crippen LogP contribution in [0.1, 0.15) is 31.7 Å². The molecule has 23 heavy (non-hydrogen) atoms. The first-order valence-corrected chi connectivity index (χ1v) is 7.27. The lowest BCUT2D eigenvalue weighted by Crippen LogP contribution is -2.46. The largest absolute Gasteiger partial charge is 0.468 e. The van der Waals surface area contributed by atoms with Crippen LogP contribution in [0.2, 0.25) is 0 Å². The van der Waals surface area contributed by atoms with Gasteiger partial charge in [0.2, 0.25) is 5.91 Å². The van der Waals surface area contributed by atoms with Gasteiger partial charge in [-0.2, -0.15) is 0 Å². The number of ether oxygens (including phenoxy) is 1. The van der Waals surface area contributed by atoms with Gasteiger partial charge < -0.3 is 15.8 Å². The van der Waals surface area contributed by atoms with Gasteiger partial charge in [0.15, 0.2) is 0 Å². The van der Waals surface area contributed by atoms with Crippen molar-refractivity contribution in [2.75, 3.05) is 13.7 Å². The third kappa shape index (κ3) is 6.15. The number of nitrogens with one attached hydrogen (secondary N) is 1. The van der Waals surface area contributed by atoms with E-state index in [0.29, 0.717) is 5.56 Å². The van der Waals surface area contributed by atoms with Crippen molar-refractivity contribution < 1.29 is 18.7 Å². The summed E-state index contributed by atoms with van der Waals surface area (Å²) in [5, 5.41) is 2.67. The molecule has 0 aliphatic carbocycles. The number of methoxy groups -OCH3 is 1. The molecule has 0 aromatic heterocycles. The minimum atomic E-state index is -0.696. The van der Waals surface area contributed by atoms with E-state index in [1.165, 1.54) is 31.4 Å². The van der Waals surface area contributed by atoms with Gasteiger partial charge in [-0.25, -0.2) is 4.39 Å². The summed E-state index contributed by atoms with van der Waals surface area (Å²) in [5.74, 6) is -1.86. The van der Waals surface area contributed by atoms with Crippen LogP contribution in [0.25, 0.3) is 0 Å². The fourth-order valence-electron chi connectivity index (χ4n) is 2.01. The molecule has 1 aromatic rings. The van der Waals surface area contributed by atoms with Crippen LogP contribution < -0.4 is 11.1 Å². The zero-order valence-corrected chi connectivity index (χ0v) is 14.4. The highest BCUT2D eigenvalue weighted by Gasteiger charge is 2.25. The molecule has 0 saturated carbocycles. The summed E-state index contributed by atoms with van der Waals surface area (Å²) >= 11 is 0. The molecule has 0 fully saturated rings. The second kappa shape index (κ2) is 10.2. The third-order valence-electron chi connectivity index (χ3n) is 3.80. The van der Waals surface area contributed by atoms with Gasteiger partial charge >= 0.3 is 5.97 Å². The molecule has 0 spiro atoms. The Morgan fingerprint density at radius 3 is 2.35 bits per heavy atom. The summed E-state index contributed by atoms with van der Waals surface area (Å²) in [6.45, 7) is 3.90. The maximum Gasteiger partial charge on any atom is 0.314 e. The molecule has 0 radical (unpaired) electrons. The first kappa shape index (κ1) is 21.3. The van der Waals surface area contributed by atoms with E-state index >= 15 is 0 Å².